The standard InChI is InChI=1S/C27H21N7O2/c1-2-3-13-24-30-34(26(35)21-9-5-4-6-10-21)27(36)33(24)18-19-14-16-20(17-15-19)22-11-7-8-12-23(22)25-28-31-32-29-25/h4-12,14-17H,13,18H2,1H3,(H,28,29,31,32). The monoisotopic (exact) mass is 475 g/mol. The van der Waals surface area contributed by atoms with Crippen LogP contribution in [0.25, 0.3) is 22.5 Å². The van der Waals surface area contributed by atoms with Crippen molar-refractivity contribution in [3.63, 3.8) is 0 Å². The maximum absolute atomic E-state index is 13.2. The molecule has 1 N–H and O–H groups in total. The van der Waals surface area contributed by atoms with Crippen molar-refractivity contribution in [2.75, 3.05) is 0 Å². The summed E-state index contributed by atoms with van der Waals surface area (Å²) in [5, 5.41) is 18.6. The number of carbonyl (C=O) groups is 1. The summed E-state index contributed by atoms with van der Waals surface area (Å²) in [6, 6.07) is 24.3. The molecular formula is C27H21N7O2. The van der Waals surface area contributed by atoms with Gasteiger partial charge in [-0.2, -0.15) is 5.21 Å². The summed E-state index contributed by atoms with van der Waals surface area (Å²) in [7, 11) is 0. The zero-order chi connectivity index (χ0) is 24.9. The molecular weight excluding hydrogens is 454 g/mol. The molecule has 0 fully saturated rings. The normalized spacial score (nSPS) is 10.6. The molecule has 0 bridgehead atoms. The molecule has 5 aromatic rings. The fourth-order valence-electron chi connectivity index (χ4n) is 3.91. The third-order valence-corrected chi connectivity index (χ3v) is 5.69. The molecule has 9 heteroatoms. The van der Waals surface area contributed by atoms with Gasteiger partial charge in [0.15, 0.2) is 0 Å². The zero-order valence-corrected chi connectivity index (χ0v) is 19.4. The molecule has 0 amide bonds. The van der Waals surface area contributed by atoms with E-state index in [1.165, 1.54) is 4.57 Å². The SMILES string of the molecule is CC#CCc1nn(C(=O)c2ccccc2)c(=O)n1Cc1ccc(-c2ccccc2-c2nn[nH]n2)cc1. The Morgan fingerprint density at radius 3 is 2.36 bits per heavy atom. The number of rotatable bonds is 6. The quantitative estimate of drug-likeness (QED) is 0.378. The third kappa shape index (κ3) is 4.48. The second kappa shape index (κ2) is 10.0. The summed E-state index contributed by atoms with van der Waals surface area (Å²) >= 11 is 0. The van der Waals surface area contributed by atoms with Gasteiger partial charge in [0.25, 0.3) is 5.91 Å². The first-order valence-corrected chi connectivity index (χ1v) is 11.3. The van der Waals surface area contributed by atoms with Crippen LogP contribution >= 0.6 is 0 Å². The Labute approximate surface area is 206 Å². The van der Waals surface area contributed by atoms with Gasteiger partial charge in [0.2, 0.25) is 5.82 Å². The summed E-state index contributed by atoms with van der Waals surface area (Å²) in [5.41, 5.74) is 3.57. The van der Waals surface area contributed by atoms with Crippen molar-refractivity contribution < 1.29 is 4.79 Å². The molecule has 0 radical (unpaired) electrons. The Kier molecular flexibility index (Phi) is 6.32. The molecule has 0 saturated heterocycles. The molecule has 0 aliphatic carbocycles. The number of hydrogen-bond acceptors (Lipinski definition) is 6. The van der Waals surface area contributed by atoms with Crippen molar-refractivity contribution in [1.82, 2.24) is 35.0 Å². The number of tetrazole rings is 1. The molecule has 2 aromatic heterocycles. The fourth-order valence-corrected chi connectivity index (χ4v) is 3.91. The van der Waals surface area contributed by atoms with Gasteiger partial charge in [-0.15, -0.1) is 25.9 Å². The highest BCUT2D eigenvalue weighted by molar-refractivity contribution is 5.95. The number of hydrogen-bond donors (Lipinski definition) is 1. The van der Waals surface area contributed by atoms with E-state index in [1.807, 2.05) is 54.6 Å². The average Bonchev–Trinajstić information content (AvgIpc) is 3.57. The minimum absolute atomic E-state index is 0.258. The molecule has 176 valence electrons. The van der Waals surface area contributed by atoms with Gasteiger partial charge in [-0.25, -0.2) is 4.79 Å². The van der Waals surface area contributed by atoms with Crippen molar-refractivity contribution in [3.05, 3.63) is 106 Å². The minimum atomic E-state index is -0.497. The van der Waals surface area contributed by atoms with E-state index < -0.39 is 11.6 Å². The average molecular weight is 476 g/mol. The Bertz CT molecular complexity index is 1620. The van der Waals surface area contributed by atoms with E-state index in [9.17, 15) is 9.59 Å². The van der Waals surface area contributed by atoms with Crippen LogP contribution < -0.4 is 5.69 Å². The Hall–Kier alpha value is -5.10. The number of carbonyl (C=O) groups excluding carboxylic acids is 1. The summed E-state index contributed by atoms with van der Waals surface area (Å²) in [4.78, 5) is 26.1. The van der Waals surface area contributed by atoms with Gasteiger partial charge in [-0.1, -0.05) is 72.7 Å². The fraction of sp³-hybridized carbons (Fsp3) is 0.111. The summed E-state index contributed by atoms with van der Waals surface area (Å²) < 4.78 is 2.41. The van der Waals surface area contributed by atoms with Crippen LogP contribution in [0.1, 0.15) is 28.7 Å². The van der Waals surface area contributed by atoms with E-state index in [4.69, 9.17) is 0 Å². The highest BCUT2D eigenvalue weighted by atomic mass is 16.2. The first-order chi connectivity index (χ1) is 17.7. The van der Waals surface area contributed by atoms with E-state index in [0.717, 1.165) is 26.9 Å². The van der Waals surface area contributed by atoms with Crippen LogP contribution in [0, 0.1) is 11.8 Å². The van der Waals surface area contributed by atoms with Gasteiger partial charge < -0.3 is 0 Å². The van der Waals surface area contributed by atoms with Crippen LogP contribution in [0.15, 0.2) is 83.7 Å². The van der Waals surface area contributed by atoms with E-state index >= 15 is 0 Å². The zero-order valence-electron chi connectivity index (χ0n) is 19.4. The van der Waals surface area contributed by atoms with Gasteiger partial charge in [0.1, 0.15) is 5.82 Å². The molecule has 2 heterocycles. The molecule has 3 aromatic carbocycles. The lowest BCUT2D eigenvalue weighted by atomic mass is 9.98. The molecule has 0 aliphatic heterocycles. The smallest absolute Gasteiger partial charge is 0.273 e. The van der Waals surface area contributed by atoms with Crippen molar-refractivity contribution >= 4 is 5.91 Å². The lowest BCUT2D eigenvalue weighted by molar-refractivity contribution is 0.0939. The molecule has 0 aliphatic rings. The van der Waals surface area contributed by atoms with Crippen molar-refractivity contribution in [2.45, 2.75) is 19.9 Å². The van der Waals surface area contributed by atoms with Gasteiger partial charge in [-0.3, -0.25) is 9.36 Å². The lowest BCUT2D eigenvalue weighted by Crippen LogP contribution is -2.30. The Morgan fingerprint density at radius 1 is 0.944 bits per heavy atom. The third-order valence-electron chi connectivity index (χ3n) is 5.69. The number of aromatic amines is 1. The lowest BCUT2D eigenvalue weighted by Gasteiger charge is -2.09. The molecule has 9 nitrogen and oxygen atoms in total. The molecule has 0 spiro atoms. The van der Waals surface area contributed by atoms with Crippen LogP contribution in [-0.2, 0) is 13.0 Å². The van der Waals surface area contributed by atoms with Crippen molar-refractivity contribution in [3.8, 4) is 34.4 Å². The van der Waals surface area contributed by atoms with E-state index in [1.54, 1.807) is 31.2 Å². The van der Waals surface area contributed by atoms with Gasteiger partial charge in [-0.05, 0) is 41.0 Å². The van der Waals surface area contributed by atoms with Crippen LogP contribution in [-0.4, -0.2) is 40.9 Å². The van der Waals surface area contributed by atoms with Gasteiger partial charge in [0.05, 0.1) is 13.0 Å². The number of benzene rings is 3. The molecule has 0 saturated carbocycles. The Morgan fingerprint density at radius 2 is 1.67 bits per heavy atom. The van der Waals surface area contributed by atoms with Crippen molar-refractivity contribution in [1.29, 1.82) is 0 Å². The molecule has 0 unspecified atom stereocenters. The van der Waals surface area contributed by atoms with Crippen molar-refractivity contribution in [2.24, 2.45) is 0 Å². The molecule has 5 rings (SSSR count). The van der Waals surface area contributed by atoms with Crippen LogP contribution in [0.5, 0.6) is 0 Å². The van der Waals surface area contributed by atoms with Crippen LogP contribution in [0.2, 0.25) is 0 Å². The number of nitrogens with zero attached hydrogens (tertiary/aromatic N) is 6. The molecule has 36 heavy (non-hydrogen) atoms. The largest absolute Gasteiger partial charge is 0.353 e. The van der Waals surface area contributed by atoms with Crippen LogP contribution in [0.3, 0.4) is 0 Å². The van der Waals surface area contributed by atoms with E-state index in [2.05, 4.69) is 37.6 Å². The van der Waals surface area contributed by atoms with Gasteiger partial charge in [0, 0.05) is 11.1 Å². The predicted molar refractivity (Wildman–Crippen MR) is 134 cm³/mol. The summed E-state index contributed by atoms with van der Waals surface area (Å²) in [5.74, 6) is 6.24. The number of nitrogens with one attached hydrogen (secondary N) is 1. The van der Waals surface area contributed by atoms with Gasteiger partial charge >= 0.3 is 5.69 Å². The Balaban J connectivity index is 1.47. The highest BCUT2D eigenvalue weighted by Gasteiger charge is 2.19. The molecule has 0 atom stereocenters. The first-order valence-electron chi connectivity index (χ1n) is 11.3. The number of aromatic nitrogens is 7. The first kappa shape index (κ1) is 22.7. The topological polar surface area (TPSA) is 111 Å². The predicted octanol–water partition coefficient (Wildman–Crippen LogP) is 3.19. The highest BCUT2D eigenvalue weighted by Crippen LogP contribution is 2.29. The maximum Gasteiger partial charge on any atom is 0.353 e. The second-order valence-corrected chi connectivity index (χ2v) is 7.95. The number of H-pyrrole nitrogens is 1. The van der Waals surface area contributed by atoms with E-state index in [0.29, 0.717) is 17.2 Å². The second-order valence-electron chi connectivity index (χ2n) is 7.95. The maximum atomic E-state index is 13.2. The minimum Gasteiger partial charge on any atom is -0.273 e. The van der Waals surface area contributed by atoms with Crippen LogP contribution in [0.4, 0.5) is 0 Å². The summed E-state index contributed by atoms with van der Waals surface area (Å²) in [6.45, 7) is 1.98. The van der Waals surface area contributed by atoms with E-state index in [-0.39, 0.29) is 13.0 Å². The summed E-state index contributed by atoms with van der Waals surface area (Å²) in [6.07, 6.45) is 0.261.